The molecule has 0 aliphatic heterocycles. The average molecular weight is 228 g/mol. The van der Waals surface area contributed by atoms with E-state index < -0.39 is 5.97 Å². The van der Waals surface area contributed by atoms with E-state index in [0.29, 0.717) is 12.0 Å². The summed E-state index contributed by atoms with van der Waals surface area (Å²) in [6, 6.07) is 0. The van der Waals surface area contributed by atoms with Crippen LogP contribution in [0.25, 0.3) is 0 Å². The smallest absolute Gasteiger partial charge is 0.303 e. The van der Waals surface area contributed by atoms with Crippen LogP contribution in [0.4, 0.5) is 0 Å². The second kappa shape index (κ2) is 6.21. The van der Waals surface area contributed by atoms with Crippen molar-refractivity contribution in [2.45, 2.75) is 44.1 Å². The maximum absolute atomic E-state index is 10.3. The molecule has 1 aliphatic carbocycles. The third-order valence-corrected chi connectivity index (χ3v) is 3.68. The van der Waals surface area contributed by atoms with Gasteiger partial charge in [-0.2, -0.15) is 0 Å². The third-order valence-electron chi connectivity index (χ3n) is 3.68. The predicted molar refractivity (Wildman–Crippen MR) is 64.6 cm³/mol. The van der Waals surface area contributed by atoms with Crippen LogP contribution in [0.2, 0.25) is 0 Å². The molecule has 0 aromatic rings. The first-order valence-corrected chi connectivity index (χ1v) is 6.17. The normalized spacial score (nSPS) is 18.4. The minimum atomic E-state index is -0.691. The van der Waals surface area contributed by atoms with E-state index in [4.69, 9.17) is 5.11 Å². The Balaban J connectivity index is 2.04. The Hall–Kier alpha value is -0.610. The monoisotopic (exact) mass is 228 g/mol. The number of carboxylic acids is 1. The molecule has 4 heteroatoms. The minimum absolute atomic E-state index is 0.292. The second-order valence-corrected chi connectivity index (χ2v) is 5.00. The van der Waals surface area contributed by atoms with Gasteiger partial charge < -0.3 is 15.3 Å². The van der Waals surface area contributed by atoms with E-state index in [0.717, 1.165) is 25.9 Å². The number of rotatable bonds is 8. The fourth-order valence-electron chi connectivity index (χ4n) is 2.21. The molecule has 0 atom stereocenters. The summed E-state index contributed by atoms with van der Waals surface area (Å²) in [6.45, 7) is 1.97. The maximum Gasteiger partial charge on any atom is 0.303 e. The zero-order valence-electron chi connectivity index (χ0n) is 10.5. The van der Waals surface area contributed by atoms with Gasteiger partial charge >= 0.3 is 5.97 Å². The zero-order valence-corrected chi connectivity index (χ0v) is 10.5. The Morgan fingerprint density at radius 3 is 2.50 bits per heavy atom. The molecule has 0 radical (unpaired) electrons. The van der Waals surface area contributed by atoms with Gasteiger partial charge in [0.05, 0.1) is 0 Å². The fraction of sp³-hybridized carbons (Fsp3) is 0.917. The van der Waals surface area contributed by atoms with Gasteiger partial charge in [0.2, 0.25) is 0 Å². The molecule has 94 valence electrons. The van der Waals surface area contributed by atoms with Crippen molar-refractivity contribution in [3.63, 3.8) is 0 Å². The SMILES string of the molecule is CN(C)C1(CNCCCCC(=O)O)CCC1. The molecule has 1 fully saturated rings. The molecule has 4 nitrogen and oxygen atoms in total. The van der Waals surface area contributed by atoms with Crippen molar-refractivity contribution in [1.82, 2.24) is 10.2 Å². The fourth-order valence-corrected chi connectivity index (χ4v) is 2.21. The van der Waals surface area contributed by atoms with Crippen molar-refractivity contribution in [3.05, 3.63) is 0 Å². The van der Waals surface area contributed by atoms with Crippen LogP contribution in [0.1, 0.15) is 38.5 Å². The van der Waals surface area contributed by atoms with Crippen molar-refractivity contribution >= 4 is 5.97 Å². The molecule has 0 unspecified atom stereocenters. The van der Waals surface area contributed by atoms with Crippen molar-refractivity contribution in [3.8, 4) is 0 Å². The van der Waals surface area contributed by atoms with Gasteiger partial charge in [-0.15, -0.1) is 0 Å². The van der Waals surface area contributed by atoms with Crippen molar-refractivity contribution in [2.75, 3.05) is 27.2 Å². The first kappa shape index (κ1) is 13.5. The van der Waals surface area contributed by atoms with Crippen LogP contribution in [0.3, 0.4) is 0 Å². The summed E-state index contributed by atoms with van der Waals surface area (Å²) in [5.41, 5.74) is 0.368. The molecular formula is C12H24N2O2. The molecule has 0 aromatic carbocycles. The molecule has 16 heavy (non-hydrogen) atoms. The van der Waals surface area contributed by atoms with Gasteiger partial charge in [0, 0.05) is 18.5 Å². The van der Waals surface area contributed by atoms with Crippen LogP contribution >= 0.6 is 0 Å². The highest BCUT2D eigenvalue weighted by Gasteiger charge is 2.38. The van der Waals surface area contributed by atoms with Crippen LogP contribution < -0.4 is 5.32 Å². The summed E-state index contributed by atoms with van der Waals surface area (Å²) in [5.74, 6) is -0.691. The molecule has 0 saturated heterocycles. The maximum atomic E-state index is 10.3. The Kier molecular flexibility index (Phi) is 5.22. The van der Waals surface area contributed by atoms with E-state index in [1.165, 1.54) is 19.3 Å². The van der Waals surface area contributed by atoms with Crippen LogP contribution in [-0.2, 0) is 4.79 Å². The third kappa shape index (κ3) is 3.76. The number of nitrogens with zero attached hydrogens (tertiary/aromatic N) is 1. The summed E-state index contributed by atoms with van der Waals surface area (Å²) >= 11 is 0. The van der Waals surface area contributed by atoms with Crippen LogP contribution in [0.5, 0.6) is 0 Å². The summed E-state index contributed by atoms with van der Waals surface area (Å²) in [5, 5.41) is 11.9. The van der Waals surface area contributed by atoms with Crippen molar-refractivity contribution < 1.29 is 9.90 Å². The zero-order chi connectivity index (χ0) is 12.0. The number of aliphatic carboxylic acids is 1. The van der Waals surface area contributed by atoms with E-state index >= 15 is 0 Å². The van der Waals surface area contributed by atoms with Crippen LogP contribution in [0, 0.1) is 0 Å². The Labute approximate surface area is 98.0 Å². The van der Waals surface area contributed by atoms with E-state index in [1.807, 2.05) is 0 Å². The largest absolute Gasteiger partial charge is 0.481 e. The quantitative estimate of drug-likeness (QED) is 0.615. The lowest BCUT2D eigenvalue weighted by Crippen LogP contribution is -2.56. The van der Waals surface area contributed by atoms with Gasteiger partial charge in [0.15, 0.2) is 0 Å². The highest BCUT2D eigenvalue weighted by atomic mass is 16.4. The molecule has 1 saturated carbocycles. The number of likely N-dealkylation sites (N-methyl/N-ethyl adjacent to an activating group) is 1. The molecule has 1 aliphatic rings. The molecular weight excluding hydrogens is 204 g/mol. The summed E-state index contributed by atoms with van der Waals surface area (Å²) in [4.78, 5) is 12.6. The second-order valence-electron chi connectivity index (χ2n) is 5.00. The minimum Gasteiger partial charge on any atom is -0.481 e. The number of hydrogen-bond donors (Lipinski definition) is 2. The highest BCUT2D eigenvalue weighted by molar-refractivity contribution is 5.66. The predicted octanol–water partition coefficient (Wildman–Crippen LogP) is 1.32. The number of carbonyl (C=O) groups is 1. The van der Waals surface area contributed by atoms with E-state index in [2.05, 4.69) is 24.3 Å². The van der Waals surface area contributed by atoms with Crippen molar-refractivity contribution in [1.29, 1.82) is 0 Å². The molecule has 0 heterocycles. The van der Waals surface area contributed by atoms with Gasteiger partial charge in [-0.05, 0) is 52.7 Å². The number of nitrogens with one attached hydrogen (secondary N) is 1. The Bertz CT molecular complexity index is 225. The summed E-state index contributed by atoms with van der Waals surface area (Å²) in [7, 11) is 4.29. The lowest BCUT2D eigenvalue weighted by Gasteiger charge is -2.47. The Morgan fingerprint density at radius 1 is 1.38 bits per heavy atom. The molecule has 0 aromatic heterocycles. The number of hydrogen-bond acceptors (Lipinski definition) is 3. The summed E-state index contributed by atoms with van der Waals surface area (Å²) in [6.07, 6.45) is 5.91. The lowest BCUT2D eigenvalue weighted by atomic mass is 9.75. The van der Waals surface area contributed by atoms with Crippen LogP contribution in [0.15, 0.2) is 0 Å². The molecule has 0 bridgehead atoms. The molecule has 0 spiro atoms. The van der Waals surface area contributed by atoms with Gasteiger partial charge in [-0.3, -0.25) is 4.79 Å². The number of carboxylic acid groups (broad SMARTS) is 1. The van der Waals surface area contributed by atoms with Gasteiger partial charge in [-0.25, -0.2) is 0 Å². The molecule has 1 rings (SSSR count). The number of unbranched alkanes of at least 4 members (excludes halogenated alkanes) is 1. The first-order valence-electron chi connectivity index (χ1n) is 6.17. The van der Waals surface area contributed by atoms with E-state index in [-0.39, 0.29) is 0 Å². The molecule has 2 N–H and O–H groups in total. The van der Waals surface area contributed by atoms with Gasteiger partial charge in [0.1, 0.15) is 0 Å². The van der Waals surface area contributed by atoms with Gasteiger partial charge in [-0.1, -0.05) is 0 Å². The van der Waals surface area contributed by atoms with E-state index in [1.54, 1.807) is 0 Å². The first-order chi connectivity index (χ1) is 7.57. The average Bonchev–Trinajstić information content (AvgIpc) is 2.12. The molecule has 0 amide bonds. The van der Waals surface area contributed by atoms with Crippen molar-refractivity contribution in [2.24, 2.45) is 0 Å². The summed E-state index contributed by atoms with van der Waals surface area (Å²) < 4.78 is 0. The van der Waals surface area contributed by atoms with E-state index in [9.17, 15) is 4.79 Å². The highest BCUT2D eigenvalue weighted by Crippen LogP contribution is 2.35. The topological polar surface area (TPSA) is 52.6 Å². The Morgan fingerprint density at radius 2 is 2.06 bits per heavy atom. The lowest BCUT2D eigenvalue weighted by molar-refractivity contribution is -0.137. The van der Waals surface area contributed by atoms with Gasteiger partial charge in [0.25, 0.3) is 0 Å². The van der Waals surface area contributed by atoms with Crippen LogP contribution in [-0.4, -0.2) is 48.7 Å². The standard InChI is InChI=1S/C12H24N2O2/c1-14(2)12(7-5-8-12)10-13-9-4-3-6-11(15)16/h13H,3-10H2,1-2H3,(H,15,16).